The maximum Gasteiger partial charge on any atom is 0.238 e. The molecule has 0 spiro atoms. The SMILES string of the molecule is Cc1nnc(C(CC(C)C)NC(=O)C(Cc2ccccn2)c2ccc(F)cc2)o1. The van der Waals surface area contributed by atoms with E-state index in [0.717, 1.165) is 11.3 Å². The highest BCUT2D eigenvalue weighted by Crippen LogP contribution is 2.25. The predicted molar refractivity (Wildman–Crippen MR) is 106 cm³/mol. The molecule has 2 atom stereocenters. The Morgan fingerprint density at radius 3 is 2.48 bits per heavy atom. The molecule has 0 saturated carbocycles. The molecule has 0 aliphatic heterocycles. The molecule has 0 aliphatic carbocycles. The Morgan fingerprint density at radius 2 is 1.90 bits per heavy atom. The van der Waals surface area contributed by atoms with Gasteiger partial charge in [0.1, 0.15) is 11.9 Å². The zero-order valence-electron chi connectivity index (χ0n) is 16.8. The van der Waals surface area contributed by atoms with E-state index in [1.807, 2.05) is 18.2 Å². The molecule has 6 nitrogen and oxygen atoms in total. The minimum atomic E-state index is -0.524. The van der Waals surface area contributed by atoms with Gasteiger partial charge in [-0.05, 0) is 42.2 Å². The van der Waals surface area contributed by atoms with Crippen LogP contribution in [0.15, 0.2) is 53.1 Å². The second kappa shape index (κ2) is 9.41. The van der Waals surface area contributed by atoms with Gasteiger partial charge in [0.05, 0.1) is 5.92 Å². The summed E-state index contributed by atoms with van der Waals surface area (Å²) >= 11 is 0. The van der Waals surface area contributed by atoms with Crippen LogP contribution in [0.4, 0.5) is 4.39 Å². The molecule has 1 aromatic carbocycles. The van der Waals surface area contributed by atoms with E-state index in [0.29, 0.717) is 30.5 Å². The Kier molecular flexibility index (Phi) is 6.69. The summed E-state index contributed by atoms with van der Waals surface area (Å²) in [6.45, 7) is 5.84. The smallest absolute Gasteiger partial charge is 0.238 e. The first-order valence-electron chi connectivity index (χ1n) is 9.68. The quantitative estimate of drug-likeness (QED) is 0.619. The lowest BCUT2D eigenvalue weighted by Crippen LogP contribution is -2.35. The minimum absolute atomic E-state index is 0.191. The second-order valence-electron chi connectivity index (χ2n) is 7.48. The van der Waals surface area contributed by atoms with Crippen molar-refractivity contribution in [2.24, 2.45) is 5.92 Å². The number of amides is 1. The molecule has 0 radical (unpaired) electrons. The van der Waals surface area contributed by atoms with Crippen molar-refractivity contribution in [1.82, 2.24) is 20.5 Å². The van der Waals surface area contributed by atoms with Crippen LogP contribution in [0, 0.1) is 18.7 Å². The molecular formula is C22H25FN4O2. The summed E-state index contributed by atoms with van der Waals surface area (Å²) < 4.78 is 19.0. The van der Waals surface area contributed by atoms with E-state index in [2.05, 4.69) is 34.3 Å². The van der Waals surface area contributed by atoms with Crippen LogP contribution in [0.5, 0.6) is 0 Å². The van der Waals surface area contributed by atoms with E-state index in [-0.39, 0.29) is 11.7 Å². The lowest BCUT2D eigenvalue weighted by molar-refractivity contribution is -0.123. The number of hydrogen-bond acceptors (Lipinski definition) is 5. The van der Waals surface area contributed by atoms with E-state index < -0.39 is 12.0 Å². The van der Waals surface area contributed by atoms with Crippen molar-refractivity contribution in [3.8, 4) is 0 Å². The zero-order chi connectivity index (χ0) is 20.8. The normalized spacial score (nSPS) is 13.3. The fraction of sp³-hybridized carbons (Fsp3) is 0.364. The third kappa shape index (κ3) is 5.70. The summed E-state index contributed by atoms with van der Waals surface area (Å²) in [6.07, 6.45) is 2.75. The number of aryl methyl sites for hydroxylation is 1. The van der Waals surface area contributed by atoms with Crippen molar-refractivity contribution in [1.29, 1.82) is 0 Å². The van der Waals surface area contributed by atoms with Crippen molar-refractivity contribution in [2.75, 3.05) is 0 Å². The Morgan fingerprint density at radius 1 is 1.14 bits per heavy atom. The molecule has 0 saturated heterocycles. The fourth-order valence-electron chi connectivity index (χ4n) is 3.20. The first kappa shape index (κ1) is 20.6. The van der Waals surface area contributed by atoms with Crippen molar-refractivity contribution in [3.63, 3.8) is 0 Å². The molecule has 1 N–H and O–H groups in total. The van der Waals surface area contributed by atoms with Gasteiger partial charge in [0.2, 0.25) is 17.7 Å². The maximum absolute atomic E-state index is 13.4. The predicted octanol–water partition coefficient (Wildman–Crippen LogP) is 4.14. The molecule has 0 aliphatic rings. The van der Waals surface area contributed by atoms with Crippen molar-refractivity contribution >= 4 is 5.91 Å². The Bertz CT molecular complexity index is 926. The van der Waals surface area contributed by atoms with E-state index in [1.165, 1.54) is 12.1 Å². The lowest BCUT2D eigenvalue weighted by Gasteiger charge is -2.22. The summed E-state index contributed by atoms with van der Waals surface area (Å²) in [5.74, 6) is 0.0945. The number of carbonyl (C=O) groups excluding carboxylic acids is 1. The number of carbonyl (C=O) groups is 1. The van der Waals surface area contributed by atoms with Gasteiger partial charge >= 0.3 is 0 Å². The second-order valence-corrected chi connectivity index (χ2v) is 7.48. The number of nitrogens with one attached hydrogen (secondary N) is 1. The van der Waals surface area contributed by atoms with Crippen LogP contribution >= 0.6 is 0 Å². The van der Waals surface area contributed by atoms with Crippen molar-refractivity contribution < 1.29 is 13.6 Å². The monoisotopic (exact) mass is 396 g/mol. The summed E-state index contributed by atoms with van der Waals surface area (Å²) in [7, 11) is 0. The molecule has 0 bridgehead atoms. The van der Waals surface area contributed by atoms with E-state index in [1.54, 1.807) is 25.3 Å². The van der Waals surface area contributed by atoms with Crippen LogP contribution in [-0.4, -0.2) is 21.1 Å². The van der Waals surface area contributed by atoms with Crippen LogP contribution in [0.2, 0.25) is 0 Å². The standard InChI is InChI=1S/C22H25FN4O2/c1-14(2)12-20(22-27-26-15(3)29-22)25-21(28)19(13-18-6-4-5-11-24-18)16-7-9-17(23)10-8-16/h4-11,14,19-20H,12-13H2,1-3H3,(H,25,28). The Labute approximate surface area is 169 Å². The Balaban J connectivity index is 1.86. The number of benzene rings is 1. The highest BCUT2D eigenvalue weighted by Gasteiger charge is 2.27. The Hall–Kier alpha value is -3.09. The molecule has 7 heteroatoms. The summed E-state index contributed by atoms with van der Waals surface area (Å²) in [5.41, 5.74) is 1.51. The lowest BCUT2D eigenvalue weighted by atomic mass is 9.92. The van der Waals surface area contributed by atoms with Gasteiger partial charge < -0.3 is 9.73 Å². The van der Waals surface area contributed by atoms with Gasteiger partial charge in [0, 0.05) is 25.2 Å². The van der Waals surface area contributed by atoms with Gasteiger partial charge in [-0.25, -0.2) is 4.39 Å². The largest absolute Gasteiger partial charge is 0.423 e. The third-order valence-electron chi connectivity index (χ3n) is 4.59. The van der Waals surface area contributed by atoms with Crippen molar-refractivity contribution in [3.05, 3.63) is 77.5 Å². The summed E-state index contributed by atoms with van der Waals surface area (Å²) in [5, 5.41) is 11.0. The molecule has 1 amide bonds. The first-order chi connectivity index (χ1) is 13.9. The summed E-state index contributed by atoms with van der Waals surface area (Å²) in [6, 6.07) is 11.2. The zero-order valence-corrected chi connectivity index (χ0v) is 16.8. The van der Waals surface area contributed by atoms with Gasteiger partial charge in [0.25, 0.3) is 0 Å². The number of halogens is 1. The highest BCUT2D eigenvalue weighted by molar-refractivity contribution is 5.84. The molecule has 3 aromatic rings. The van der Waals surface area contributed by atoms with Gasteiger partial charge in [-0.1, -0.05) is 32.0 Å². The molecule has 2 unspecified atom stereocenters. The molecule has 2 heterocycles. The molecule has 2 aromatic heterocycles. The summed E-state index contributed by atoms with van der Waals surface area (Å²) in [4.78, 5) is 17.6. The number of pyridine rings is 1. The number of hydrogen-bond donors (Lipinski definition) is 1. The van der Waals surface area contributed by atoms with Gasteiger partial charge in [-0.3, -0.25) is 9.78 Å². The molecule has 29 heavy (non-hydrogen) atoms. The molecule has 0 fully saturated rings. The van der Waals surface area contributed by atoms with E-state index >= 15 is 0 Å². The maximum atomic E-state index is 13.4. The average Bonchev–Trinajstić information content (AvgIpc) is 3.13. The first-order valence-corrected chi connectivity index (χ1v) is 9.68. The fourth-order valence-corrected chi connectivity index (χ4v) is 3.20. The molecule has 3 rings (SSSR count). The van der Waals surface area contributed by atoms with Crippen LogP contribution < -0.4 is 5.32 Å². The number of rotatable bonds is 8. The number of aromatic nitrogens is 3. The van der Waals surface area contributed by atoms with Gasteiger partial charge in [0.15, 0.2) is 0 Å². The number of nitrogens with zero attached hydrogens (tertiary/aromatic N) is 3. The third-order valence-corrected chi connectivity index (χ3v) is 4.59. The van der Waals surface area contributed by atoms with Crippen LogP contribution in [0.25, 0.3) is 0 Å². The topological polar surface area (TPSA) is 80.9 Å². The van der Waals surface area contributed by atoms with Crippen LogP contribution in [-0.2, 0) is 11.2 Å². The van der Waals surface area contributed by atoms with Crippen LogP contribution in [0.3, 0.4) is 0 Å². The average molecular weight is 396 g/mol. The highest BCUT2D eigenvalue weighted by atomic mass is 19.1. The van der Waals surface area contributed by atoms with E-state index in [4.69, 9.17) is 4.42 Å². The van der Waals surface area contributed by atoms with Gasteiger partial charge in [-0.15, -0.1) is 10.2 Å². The van der Waals surface area contributed by atoms with Crippen LogP contribution in [0.1, 0.15) is 55.3 Å². The molecular weight excluding hydrogens is 371 g/mol. The minimum Gasteiger partial charge on any atom is -0.423 e. The van der Waals surface area contributed by atoms with Crippen molar-refractivity contribution in [2.45, 2.75) is 45.6 Å². The van der Waals surface area contributed by atoms with E-state index in [9.17, 15) is 9.18 Å². The molecule has 152 valence electrons. The van der Waals surface area contributed by atoms with Gasteiger partial charge in [-0.2, -0.15) is 0 Å².